The highest BCUT2D eigenvalue weighted by Gasteiger charge is 2.26. The highest BCUT2D eigenvalue weighted by Crippen LogP contribution is 2.18. The summed E-state index contributed by atoms with van der Waals surface area (Å²) in [4.78, 5) is 13.4. The zero-order chi connectivity index (χ0) is 17.1. The number of hydrogen-bond acceptors (Lipinski definition) is 3. The molecule has 1 fully saturated rings. The average molecular weight is 338 g/mol. The van der Waals surface area contributed by atoms with Crippen LogP contribution in [0.1, 0.15) is 16.7 Å². The van der Waals surface area contributed by atoms with Crippen LogP contribution in [0.2, 0.25) is 0 Å². The summed E-state index contributed by atoms with van der Waals surface area (Å²) in [6.07, 6.45) is 1.78. The van der Waals surface area contributed by atoms with Gasteiger partial charge in [-0.2, -0.15) is 0 Å². The molecule has 3 rings (SSSR count). The minimum Gasteiger partial charge on any atom is -0.489 e. The first-order valence-electron chi connectivity index (χ1n) is 7.62. The van der Waals surface area contributed by atoms with Gasteiger partial charge in [-0.3, -0.25) is 9.69 Å². The number of nitrogens with zero attached hydrogens (tertiary/aromatic N) is 1. The van der Waals surface area contributed by atoms with Gasteiger partial charge in [0.15, 0.2) is 5.11 Å². The van der Waals surface area contributed by atoms with Crippen molar-refractivity contribution < 1.29 is 9.53 Å². The number of aryl methyl sites for hydroxylation is 1. The lowest BCUT2D eigenvalue weighted by Crippen LogP contribution is -2.25. The zero-order valence-corrected chi connectivity index (χ0v) is 14.4. The van der Waals surface area contributed by atoms with E-state index in [1.807, 2.05) is 36.4 Å². The third-order valence-electron chi connectivity index (χ3n) is 3.76. The van der Waals surface area contributed by atoms with Crippen molar-refractivity contribution in [3.05, 3.63) is 70.9 Å². The molecule has 122 valence electrons. The molecule has 1 N–H and O–H groups in total. The number of carbonyl (C=O) groups is 1. The molecule has 0 atom stereocenters. The quantitative estimate of drug-likeness (QED) is 0.686. The average Bonchev–Trinajstić information content (AvgIpc) is 2.81. The Morgan fingerprint density at radius 1 is 1.21 bits per heavy atom. The molecule has 24 heavy (non-hydrogen) atoms. The first kappa shape index (κ1) is 16.2. The number of amides is 1. The highest BCUT2D eigenvalue weighted by atomic mass is 32.1. The number of carbonyl (C=O) groups excluding carboxylic acids is 1. The molecule has 2 aromatic rings. The second-order valence-electron chi connectivity index (χ2n) is 5.70. The molecule has 0 radical (unpaired) electrons. The molecule has 0 bridgehead atoms. The van der Waals surface area contributed by atoms with E-state index in [1.165, 1.54) is 10.5 Å². The Bertz CT molecular complexity index is 812. The highest BCUT2D eigenvalue weighted by molar-refractivity contribution is 7.80. The summed E-state index contributed by atoms with van der Waals surface area (Å²) in [5, 5.41) is 3.33. The Morgan fingerprint density at radius 2 is 1.96 bits per heavy atom. The standard InChI is InChI=1S/C19H18N2O2S/c1-13-4-3-5-15(10-13)12-23-16-8-6-14(7-9-16)11-17-18(22)21(2)19(24)20-17/h3-11H,12H2,1-2H3,(H,20,24)/b17-11-. The number of likely N-dealkylation sites (N-methyl/N-ethyl adjacent to an activating group) is 1. The second-order valence-corrected chi connectivity index (χ2v) is 6.09. The van der Waals surface area contributed by atoms with Crippen molar-refractivity contribution in [1.29, 1.82) is 0 Å². The van der Waals surface area contributed by atoms with Crippen molar-refractivity contribution in [2.45, 2.75) is 13.5 Å². The van der Waals surface area contributed by atoms with Crippen molar-refractivity contribution >= 4 is 29.3 Å². The van der Waals surface area contributed by atoms with E-state index in [0.29, 0.717) is 17.4 Å². The number of benzene rings is 2. The molecule has 0 spiro atoms. The van der Waals surface area contributed by atoms with E-state index >= 15 is 0 Å². The van der Waals surface area contributed by atoms with Crippen LogP contribution in [0.4, 0.5) is 0 Å². The molecular weight excluding hydrogens is 320 g/mol. The Morgan fingerprint density at radius 3 is 2.58 bits per heavy atom. The van der Waals surface area contributed by atoms with Gasteiger partial charge < -0.3 is 10.1 Å². The van der Waals surface area contributed by atoms with Crippen molar-refractivity contribution in [2.24, 2.45) is 0 Å². The molecule has 0 aromatic heterocycles. The molecule has 1 aliphatic heterocycles. The van der Waals surface area contributed by atoms with Crippen LogP contribution in [0.3, 0.4) is 0 Å². The molecule has 1 saturated heterocycles. The maximum absolute atomic E-state index is 12.0. The van der Waals surface area contributed by atoms with Crippen molar-refractivity contribution in [2.75, 3.05) is 7.05 Å². The summed E-state index contributed by atoms with van der Waals surface area (Å²) in [5.41, 5.74) is 3.75. The van der Waals surface area contributed by atoms with Gasteiger partial charge in [-0.15, -0.1) is 0 Å². The fourth-order valence-corrected chi connectivity index (χ4v) is 2.61. The van der Waals surface area contributed by atoms with Gasteiger partial charge in [0.2, 0.25) is 0 Å². The normalized spacial score (nSPS) is 15.8. The number of rotatable bonds is 4. The van der Waals surface area contributed by atoms with Crippen LogP contribution in [0.5, 0.6) is 5.75 Å². The maximum Gasteiger partial charge on any atom is 0.276 e. The third-order valence-corrected chi connectivity index (χ3v) is 4.14. The SMILES string of the molecule is Cc1cccc(COc2ccc(/C=C3\NC(=S)N(C)C3=O)cc2)c1. The Labute approximate surface area is 146 Å². The Balaban J connectivity index is 1.65. The first-order valence-corrected chi connectivity index (χ1v) is 8.03. The first-order chi connectivity index (χ1) is 11.5. The monoisotopic (exact) mass is 338 g/mol. The van der Waals surface area contributed by atoms with E-state index in [0.717, 1.165) is 16.9 Å². The van der Waals surface area contributed by atoms with Gasteiger partial charge in [0.1, 0.15) is 18.1 Å². The van der Waals surface area contributed by atoms with Gasteiger partial charge >= 0.3 is 0 Å². The topological polar surface area (TPSA) is 41.6 Å². The number of hydrogen-bond donors (Lipinski definition) is 1. The zero-order valence-electron chi connectivity index (χ0n) is 13.6. The van der Waals surface area contributed by atoms with E-state index < -0.39 is 0 Å². The predicted molar refractivity (Wildman–Crippen MR) is 98.4 cm³/mol. The lowest BCUT2D eigenvalue weighted by Gasteiger charge is -2.07. The van der Waals surface area contributed by atoms with Crippen molar-refractivity contribution in [3.63, 3.8) is 0 Å². The molecular formula is C19H18N2O2S. The van der Waals surface area contributed by atoms with Gasteiger partial charge in [0, 0.05) is 7.05 Å². The number of ether oxygens (including phenoxy) is 1. The summed E-state index contributed by atoms with van der Waals surface area (Å²) in [6, 6.07) is 15.8. The predicted octanol–water partition coefficient (Wildman–Crippen LogP) is 3.26. The number of thiocarbonyl (C=S) groups is 1. The molecule has 1 heterocycles. The van der Waals surface area contributed by atoms with Crippen LogP contribution in [-0.4, -0.2) is 23.0 Å². The van der Waals surface area contributed by atoms with Crippen LogP contribution in [0.15, 0.2) is 54.2 Å². The fourth-order valence-electron chi connectivity index (χ4n) is 2.42. The molecule has 1 aliphatic rings. The van der Waals surface area contributed by atoms with Crippen LogP contribution < -0.4 is 10.1 Å². The van der Waals surface area contributed by atoms with Crippen LogP contribution >= 0.6 is 12.2 Å². The Kier molecular flexibility index (Phi) is 4.62. The summed E-state index contributed by atoms with van der Waals surface area (Å²) >= 11 is 5.06. The molecule has 1 amide bonds. The second kappa shape index (κ2) is 6.84. The van der Waals surface area contributed by atoms with E-state index in [2.05, 4.69) is 24.4 Å². The van der Waals surface area contributed by atoms with E-state index in [1.54, 1.807) is 13.1 Å². The smallest absolute Gasteiger partial charge is 0.276 e. The fraction of sp³-hybridized carbons (Fsp3) is 0.158. The van der Waals surface area contributed by atoms with E-state index in [9.17, 15) is 4.79 Å². The molecule has 4 nitrogen and oxygen atoms in total. The van der Waals surface area contributed by atoms with E-state index in [4.69, 9.17) is 17.0 Å². The van der Waals surface area contributed by atoms with Crippen LogP contribution in [-0.2, 0) is 11.4 Å². The molecule has 5 heteroatoms. The summed E-state index contributed by atoms with van der Waals surface area (Å²) in [7, 11) is 1.65. The Hall–Kier alpha value is -2.66. The van der Waals surface area contributed by atoms with Gasteiger partial charge in [-0.1, -0.05) is 42.0 Å². The van der Waals surface area contributed by atoms with Gasteiger partial charge in [0.05, 0.1) is 0 Å². The van der Waals surface area contributed by atoms with Crippen LogP contribution in [0, 0.1) is 6.92 Å². The summed E-state index contributed by atoms with van der Waals surface area (Å²) in [6.45, 7) is 2.59. The number of nitrogens with one attached hydrogen (secondary N) is 1. The largest absolute Gasteiger partial charge is 0.489 e. The van der Waals surface area contributed by atoms with Gasteiger partial charge in [-0.25, -0.2) is 0 Å². The van der Waals surface area contributed by atoms with Gasteiger partial charge in [-0.05, 0) is 48.5 Å². The summed E-state index contributed by atoms with van der Waals surface area (Å²) in [5.74, 6) is 0.664. The lowest BCUT2D eigenvalue weighted by atomic mass is 10.1. The molecule has 0 saturated carbocycles. The third kappa shape index (κ3) is 3.63. The van der Waals surface area contributed by atoms with Crippen molar-refractivity contribution in [1.82, 2.24) is 10.2 Å². The maximum atomic E-state index is 12.0. The minimum atomic E-state index is -0.125. The minimum absolute atomic E-state index is 0.125. The molecule has 0 aliphatic carbocycles. The van der Waals surface area contributed by atoms with Crippen molar-refractivity contribution in [3.8, 4) is 5.75 Å². The van der Waals surface area contributed by atoms with Gasteiger partial charge in [0.25, 0.3) is 5.91 Å². The van der Waals surface area contributed by atoms with Crippen LogP contribution in [0.25, 0.3) is 6.08 Å². The molecule has 0 unspecified atom stereocenters. The van der Waals surface area contributed by atoms with E-state index in [-0.39, 0.29) is 5.91 Å². The lowest BCUT2D eigenvalue weighted by molar-refractivity contribution is -0.121. The summed E-state index contributed by atoms with van der Waals surface area (Å²) < 4.78 is 5.79. The molecule has 2 aromatic carbocycles.